The number of aryl methyl sites for hydroxylation is 1. The zero-order valence-electron chi connectivity index (χ0n) is 12.3. The Labute approximate surface area is 134 Å². The van der Waals surface area contributed by atoms with E-state index >= 15 is 0 Å². The van der Waals surface area contributed by atoms with Crippen LogP contribution in [0.3, 0.4) is 0 Å². The summed E-state index contributed by atoms with van der Waals surface area (Å²) in [4.78, 5) is 28.0. The molecule has 23 heavy (non-hydrogen) atoms. The number of carbonyl (C=O) groups excluding carboxylic acids is 1. The number of fused-ring (bicyclic) bond motifs is 1. The van der Waals surface area contributed by atoms with Gasteiger partial charge in [-0.2, -0.15) is 0 Å². The molecule has 0 atom stereocenters. The van der Waals surface area contributed by atoms with Gasteiger partial charge in [-0.05, 0) is 12.1 Å². The van der Waals surface area contributed by atoms with Gasteiger partial charge in [-0.25, -0.2) is 9.37 Å². The minimum Gasteiger partial charge on any atom is -0.494 e. The van der Waals surface area contributed by atoms with Gasteiger partial charge in [0.15, 0.2) is 5.13 Å². The van der Waals surface area contributed by atoms with Gasteiger partial charge in [0.1, 0.15) is 17.1 Å². The number of ether oxygens (including phenoxy) is 1. The average Bonchev–Trinajstić information content (AvgIpc) is 2.91. The minimum absolute atomic E-state index is 0.227. The van der Waals surface area contributed by atoms with Crippen LogP contribution in [0.15, 0.2) is 35.3 Å². The number of benzene rings is 1. The van der Waals surface area contributed by atoms with E-state index in [1.807, 2.05) is 0 Å². The molecule has 0 saturated heterocycles. The van der Waals surface area contributed by atoms with Crippen molar-refractivity contribution < 1.29 is 13.9 Å². The van der Waals surface area contributed by atoms with E-state index in [-0.39, 0.29) is 11.1 Å². The second-order valence-corrected chi connectivity index (χ2v) is 5.82. The van der Waals surface area contributed by atoms with E-state index in [0.717, 1.165) is 11.3 Å². The van der Waals surface area contributed by atoms with Gasteiger partial charge in [0.2, 0.25) is 0 Å². The Morgan fingerprint density at radius 3 is 2.87 bits per heavy atom. The van der Waals surface area contributed by atoms with Crippen LogP contribution < -0.4 is 15.6 Å². The van der Waals surface area contributed by atoms with Gasteiger partial charge in [0.25, 0.3) is 11.5 Å². The summed E-state index contributed by atoms with van der Waals surface area (Å²) < 4.78 is 20.5. The molecule has 2 heterocycles. The number of carbonyl (C=O) groups is 1. The normalized spacial score (nSPS) is 10.7. The summed E-state index contributed by atoms with van der Waals surface area (Å²) in [6.07, 6.45) is 1.51. The lowest BCUT2D eigenvalue weighted by molar-refractivity contribution is 0.102. The fraction of sp³-hybridized carbons (Fsp3) is 0.133. The largest absolute Gasteiger partial charge is 0.494 e. The first kappa shape index (κ1) is 15.2. The smallest absolute Gasteiger partial charge is 0.257 e. The van der Waals surface area contributed by atoms with Crippen molar-refractivity contribution in [1.29, 1.82) is 0 Å². The molecule has 0 saturated carbocycles. The van der Waals surface area contributed by atoms with Crippen LogP contribution in [-0.4, -0.2) is 22.6 Å². The summed E-state index contributed by atoms with van der Waals surface area (Å²) in [5.74, 6) is -0.603. The molecule has 3 aromatic rings. The molecule has 3 rings (SSSR count). The lowest BCUT2D eigenvalue weighted by atomic mass is 10.2. The third kappa shape index (κ3) is 2.93. The Balaban J connectivity index is 1.93. The monoisotopic (exact) mass is 333 g/mol. The molecule has 0 aliphatic carbocycles. The maximum absolute atomic E-state index is 13.5. The Bertz CT molecular complexity index is 964. The summed E-state index contributed by atoms with van der Waals surface area (Å²) in [5.41, 5.74) is 0.411. The van der Waals surface area contributed by atoms with Crippen molar-refractivity contribution in [3.05, 3.63) is 52.2 Å². The van der Waals surface area contributed by atoms with Crippen molar-refractivity contribution >= 4 is 32.6 Å². The topological polar surface area (TPSA) is 73.2 Å². The van der Waals surface area contributed by atoms with Crippen LogP contribution >= 0.6 is 11.3 Å². The van der Waals surface area contributed by atoms with Crippen LogP contribution in [0.2, 0.25) is 0 Å². The van der Waals surface area contributed by atoms with E-state index < -0.39 is 11.7 Å². The Morgan fingerprint density at radius 2 is 2.17 bits per heavy atom. The molecule has 0 aliphatic heterocycles. The van der Waals surface area contributed by atoms with Crippen LogP contribution in [0.25, 0.3) is 10.2 Å². The van der Waals surface area contributed by atoms with Crippen LogP contribution in [0, 0.1) is 5.82 Å². The molecular weight excluding hydrogens is 321 g/mol. The third-order valence-corrected chi connectivity index (χ3v) is 4.15. The number of nitrogens with zero attached hydrogens (tertiary/aromatic N) is 2. The number of aromatic nitrogens is 2. The van der Waals surface area contributed by atoms with Crippen molar-refractivity contribution in [2.45, 2.75) is 0 Å². The third-order valence-electron chi connectivity index (χ3n) is 3.23. The lowest BCUT2D eigenvalue weighted by Crippen LogP contribution is -2.19. The van der Waals surface area contributed by atoms with Gasteiger partial charge < -0.3 is 9.30 Å². The predicted octanol–water partition coefficient (Wildman–Crippen LogP) is 2.39. The quantitative estimate of drug-likeness (QED) is 0.799. The number of thiazole rings is 1. The number of nitrogens with one attached hydrogen (secondary N) is 1. The van der Waals surface area contributed by atoms with Crippen LogP contribution in [0.1, 0.15) is 10.4 Å². The number of hydrogen-bond donors (Lipinski definition) is 1. The molecule has 2 aromatic heterocycles. The van der Waals surface area contributed by atoms with Gasteiger partial charge in [-0.1, -0.05) is 11.3 Å². The molecule has 0 spiro atoms. The minimum atomic E-state index is -0.457. The van der Waals surface area contributed by atoms with E-state index in [1.54, 1.807) is 7.05 Å². The highest BCUT2D eigenvalue weighted by Crippen LogP contribution is 2.33. The van der Waals surface area contributed by atoms with Gasteiger partial charge in [0, 0.05) is 30.9 Å². The molecule has 1 aromatic carbocycles. The molecule has 0 aliphatic rings. The van der Waals surface area contributed by atoms with Crippen LogP contribution in [0.5, 0.6) is 5.75 Å². The van der Waals surface area contributed by atoms with Gasteiger partial charge in [-0.15, -0.1) is 0 Å². The second kappa shape index (κ2) is 5.81. The van der Waals surface area contributed by atoms with Crippen molar-refractivity contribution in [3.63, 3.8) is 0 Å². The SMILES string of the molecule is COc1cc(F)cc2sc(NC(=O)c3ccn(C)c(=O)c3)nc12. The van der Waals surface area contributed by atoms with Gasteiger partial charge >= 0.3 is 0 Å². The fourth-order valence-corrected chi connectivity index (χ4v) is 2.94. The van der Waals surface area contributed by atoms with E-state index in [2.05, 4.69) is 10.3 Å². The number of methoxy groups -OCH3 is 1. The first-order valence-corrected chi connectivity index (χ1v) is 7.41. The molecule has 0 fully saturated rings. The summed E-state index contributed by atoms with van der Waals surface area (Å²) in [6, 6.07) is 5.32. The summed E-state index contributed by atoms with van der Waals surface area (Å²) in [5, 5.41) is 2.91. The van der Waals surface area contributed by atoms with Crippen LogP contribution in [-0.2, 0) is 7.05 Å². The van der Waals surface area contributed by atoms with E-state index in [0.29, 0.717) is 21.1 Å². The summed E-state index contributed by atoms with van der Waals surface area (Å²) >= 11 is 1.12. The van der Waals surface area contributed by atoms with E-state index in [1.165, 1.54) is 42.1 Å². The molecule has 118 valence electrons. The maximum Gasteiger partial charge on any atom is 0.257 e. The standard InChI is InChI=1S/C15H12FN3O3S/c1-19-4-3-8(5-12(19)20)14(21)18-15-17-13-10(22-2)6-9(16)7-11(13)23-15/h3-7H,1-2H3,(H,17,18,21). The zero-order chi connectivity index (χ0) is 16.6. The predicted molar refractivity (Wildman–Crippen MR) is 85.8 cm³/mol. The highest BCUT2D eigenvalue weighted by molar-refractivity contribution is 7.22. The molecule has 1 N–H and O–H groups in total. The van der Waals surface area contributed by atoms with Crippen LogP contribution in [0.4, 0.5) is 9.52 Å². The molecule has 8 heteroatoms. The van der Waals surface area contributed by atoms with Crippen molar-refractivity contribution in [3.8, 4) is 5.75 Å². The van der Waals surface area contributed by atoms with Gasteiger partial charge in [-0.3, -0.25) is 14.9 Å². The molecule has 0 unspecified atom stereocenters. The first-order chi connectivity index (χ1) is 11.0. The number of halogens is 1. The maximum atomic E-state index is 13.5. The van der Waals surface area contributed by atoms with Crippen molar-refractivity contribution in [2.24, 2.45) is 7.05 Å². The molecule has 0 bridgehead atoms. The summed E-state index contributed by atoms with van der Waals surface area (Å²) in [7, 11) is 3.02. The van der Waals surface area contributed by atoms with Gasteiger partial charge in [0.05, 0.1) is 11.8 Å². The molecule has 6 nitrogen and oxygen atoms in total. The van der Waals surface area contributed by atoms with Crippen molar-refractivity contribution in [1.82, 2.24) is 9.55 Å². The summed E-state index contributed by atoms with van der Waals surface area (Å²) in [6.45, 7) is 0. The molecule has 0 radical (unpaired) electrons. The second-order valence-electron chi connectivity index (χ2n) is 4.79. The lowest BCUT2D eigenvalue weighted by Gasteiger charge is -2.02. The highest BCUT2D eigenvalue weighted by Gasteiger charge is 2.14. The Morgan fingerprint density at radius 1 is 1.39 bits per heavy atom. The number of amides is 1. The van der Waals surface area contributed by atoms with E-state index in [4.69, 9.17) is 4.74 Å². The number of pyridine rings is 1. The zero-order valence-corrected chi connectivity index (χ0v) is 13.1. The number of anilines is 1. The molecular formula is C15H12FN3O3S. The first-order valence-electron chi connectivity index (χ1n) is 6.60. The Hall–Kier alpha value is -2.74. The van der Waals surface area contributed by atoms with Crippen molar-refractivity contribution in [2.75, 3.05) is 12.4 Å². The Kier molecular flexibility index (Phi) is 3.83. The average molecular weight is 333 g/mol. The number of rotatable bonds is 3. The fourth-order valence-electron chi connectivity index (χ4n) is 2.03. The molecule has 1 amide bonds. The highest BCUT2D eigenvalue weighted by atomic mass is 32.1. The number of hydrogen-bond acceptors (Lipinski definition) is 5. The van der Waals surface area contributed by atoms with E-state index in [9.17, 15) is 14.0 Å².